The fourth-order valence-electron chi connectivity index (χ4n) is 2.46. The molecule has 1 aliphatic rings. The third kappa shape index (κ3) is 3.72. The van der Waals surface area contributed by atoms with E-state index in [1.165, 1.54) is 14.0 Å². The molecule has 0 radical (unpaired) electrons. The number of rotatable bonds is 5. The molecule has 0 unspecified atom stereocenters. The lowest BCUT2D eigenvalue weighted by atomic mass is 10.1. The largest absolute Gasteiger partial charge is 0.466 e. The van der Waals surface area contributed by atoms with Gasteiger partial charge in [-0.1, -0.05) is 36.4 Å². The molecule has 3 N–H and O–H groups in total. The van der Waals surface area contributed by atoms with Gasteiger partial charge in [0.05, 0.1) is 25.3 Å². The highest BCUT2D eigenvalue weighted by atomic mass is 16.5. The van der Waals surface area contributed by atoms with Crippen LogP contribution in [0.5, 0.6) is 0 Å². The van der Waals surface area contributed by atoms with Crippen molar-refractivity contribution < 1.29 is 19.1 Å². The average molecular weight is 304 g/mol. The second-order valence-electron chi connectivity index (χ2n) is 5.13. The fraction of sp³-hybridized carbons (Fsp3) is 0.375. The molecule has 1 aromatic carbocycles. The summed E-state index contributed by atoms with van der Waals surface area (Å²) in [5.41, 5.74) is 7.29. The number of esters is 1. The molecule has 118 valence electrons. The van der Waals surface area contributed by atoms with Crippen LogP contribution in [0.3, 0.4) is 0 Å². The second kappa shape index (κ2) is 7.20. The molecule has 6 nitrogen and oxygen atoms in total. The van der Waals surface area contributed by atoms with Crippen molar-refractivity contribution >= 4 is 11.9 Å². The predicted molar refractivity (Wildman–Crippen MR) is 80.7 cm³/mol. The summed E-state index contributed by atoms with van der Waals surface area (Å²) >= 11 is 0. The Hall–Kier alpha value is -2.18. The molecule has 1 amide bonds. The van der Waals surface area contributed by atoms with Gasteiger partial charge >= 0.3 is 5.97 Å². The lowest BCUT2D eigenvalue weighted by molar-refractivity contribution is -0.138. The smallest absolute Gasteiger partial charge is 0.336 e. The Bertz CT molecular complexity index is 571. The molecule has 2 rings (SSSR count). The summed E-state index contributed by atoms with van der Waals surface area (Å²) in [5.74, 6) is -0.727. The number of amides is 1. The van der Waals surface area contributed by atoms with Gasteiger partial charge in [-0.25, -0.2) is 4.79 Å². The molecule has 1 aliphatic carbocycles. The molecule has 0 bridgehead atoms. The molecule has 3 atom stereocenters. The van der Waals surface area contributed by atoms with E-state index >= 15 is 0 Å². The summed E-state index contributed by atoms with van der Waals surface area (Å²) in [6.07, 6.45) is 0.953. The van der Waals surface area contributed by atoms with Crippen LogP contribution in [0.4, 0.5) is 0 Å². The highest BCUT2D eigenvalue weighted by Crippen LogP contribution is 2.24. The third-order valence-electron chi connectivity index (χ3n) is 3.48. The van der Waals surface area contributed by atoms with Crippen LogP contribution in [-0.4, -0.2) is 37.2 Å². The van der Waals surface area contributed by atoms with Crippen molar-refractivity contribution in [2.24, 2.45) is 5.73 Å². The normalized spacial score (nSPS) is 23.8. The van der Waals surface area contributed by atoms with E-state index in [1.807, 2.05) is 30.3 Å². The van der Waals surface area contributed by atoms with Gasteiger partial charge < -0.3 is 20.5 Å². The van der Waals surface area contributed by atoms with Gasteiger partial charge in [0.15, 0.2) is 0 Å². The van der Waals surface area contributed by atoms with Crippen LogP contribution in [0.2, 0.25) is 0 Å². The molecular formula is C16H20N2O4. The van der Waals surface area contributed by atoms with E-state index in [0.29, 0.717) is 12.2 Å². The van der Waals surface area contributed by atoms with E-state index in [0.717, 1.165) is 5.56 Å². The van der Waals surface area contributed by atoms with Gasteiger partial charge in [-0.2, -0.15) is 0 Å². The molecular weight excluding hydrogens is 284 g/mol. The minimum atomic E-state index is -0.633. The first-order valence-electron chi connectivity index (χ1n) is 7.01. The Morgan fingerprint density at radius 2 is 1.95 bits per heavy atom. The van der Waals surface area contributed by atoms with Crippen LogP contribution in [0.25, 0.3) is 0 Å². The summed E-state index contributed by atoms with van der Waals surface area (Å²) in [5, 5.41) is 2.74. The Morgan fingerprint density at radius 3 is 2.55 bits per heavy atom. The summed E-state index contributed by atoms with van der Waals surface area (Å²) in [6.45, 7) is 1.71. The molecule has 0 spiro atoms. The SMILES string of the molecule is COC(=O)C1=C[C@H](N)[C@@H](NC(C)=O)[C@@H]1OCc1ccccc1. The van der Waals surface area contributed by atoms with Gasteiger partial charge in [-0.3, -0.25) is 4.79 Å². The van der Waals surface area contributed by atoms with E-state index < -0.39 is 24.2 Å². The van der Waals surface area contributed by atoms with Crippen molar-refractivity contribution in [2.45, 2.75) is 31.7 Å². The molecule has 0 heterocycles. The lowest BCUT2D eigenvalue weighted by Gasteiger charge is -2.25. The highest BCUT2D eigenvalue weighted by molar-refractivity contribution is 5.91. The number of methoxy groups -OCH3 is 1. The number of carbonyl (C=O) groups excluding carboxylic acids is 2. The Kier molecular flexibility index (Phi) is 5.30. The van der Waals surface area contributed by atoms with Gasteiger partial charge in [-0.05, 0) is 5.56 Å². The van der Waals surface area contributed by atoms with Crippen LogP contribution >= 0.6 is 0 Å². The summed E-state index contributed by atoms with van der Waals surface area (Å²) in [4.78, 5) is 23.2. The van der Waals surface area contributed by atoms with Gasteiger partial charge in [-0.15, -0.1) is 0 Å². The number of benzene rings is 1. The van der Waals surface area contributed by atoms with Crippen molar-refractivity contribution in [1.29, 1.82) is 0 Å². The van der Waals surface area contributed by atoms with Gasteiger partial charge in [0.25, 0.3) is 0 Å². The van der Waals surface area contributed by atoms with Gasteiger partial charge in [0.2, 0.25) is 5.91 Å². The summed E-state index contributed by atoms with van der Waals surface area (Å²) in [7, 11) is 1.30. The molecule has 1 aromatic rings. The topological polar surface area (TPSA) is 90.6 Å². The monoisotopic (exact) mass is 304 g/mol. The number of nitrogens with one attached hydrogen (secondary N) is 1. The Morgan fingerprint density at radius 1 is 1.27 bits per heavy atom. The Balaban J connectivity index is 2.14. The van der Waals surface area contributed by atoms with E-state index in [1.54, 1.807) is 6.08 Å². The number of ether oxygens (including phenoxy) is 2. The van der Waals surface area contributed by atoms with E-state index in [9.17, 15) is 9.59 Å². The third-order valence-corrected chi connectivity index (χ3v) is 3.48. The maximum atomic E-state index is 11.9. The quantitative estimate of drug-likeness (QED) is 0.774. The van der Waals surface area contributed by atoms with Crippen molar-refractivity contribution in [3.8, 4) is 0 Å². The van der Waals surface area contributed by atoms with Crippen LogP contribution in [-0.2, 0) is 25.7 Å². The fourth-order valence-corrected chi connectivity index (χ4v) is 2.46. The molecule has 0 fully saturated rings. The number of hydrogen-bond acceptors (Lipinski definition) is 5. The lowest BCUT2D eigenvalue weighted by Crippen LogP contribution is -2.51. The number of nitrogens with two attached hydrogens (primary N) is 1. The van der Waals surface area contributed by atoms with E-state index in [2.05, 4.69) is 5.32 Å². The van der Waals surface area contributed by atoms with Crippen LogP contribution in [0, 0.1) is 0 Å². The first-order chi connectivity index (χ1) is 10.5. The van der Waals surface area contributed by atoms with Crippen molar-refractivity contribution in [2.75, 3.05) is 7.11 Å². The molecule has 22 heavy (non-hydrogen) atoms. The maximum Gasteiger partial charge on any atom is 0.336 e. The first-order valence-corrected chi connectivity index (χ1v) is 7.01. The zero-order valence-corrected chi connectivity index (χ0v) is 12.6. The highest BCUT2D eigenvalue weighted by Gasteiger charge is 2.40. The minimum absolute atomic E-state index is 0.228. The van der Waals surface area contributed by atoms with Crippen molar-refractivity contribution in [3.63, 3.8) is 0 Å². The number of carbonyl (C=O) groups is 2. The molecule has 0 aliphatic heterocycles. The maximum absolute atomic E-state index is 11.9. The van der Waals surface area contributed by atoms with E-state index in [4.69, 9.17) is 15.2 Å². The van der Waals surface area contributed by atoms with Crippen molar-refractivity contribution in [1.82, 2.24) is 5.32 Å². The molecule has 0 aromatic heterocycles. The Labute approximate surface area is 129 Å². The minimum Gasteiger partial charge on any atom is -0.466 e. The first kappa shape index (κ1) is 16.2. The summed E-state index contributed by atoms with van der Waals surface area (Å²) in [6, 6.07) is 8.57. The van der Waals surface area contributed by atoms with Crippen LogP contribution < -0.4 is 11.1 Å². The van der Waals surface area contributed by atoms with Gasteiger partial charge in [0.1, 0.15) is 6.10 Å². The molecule has 0 saturated carbocycles. The van der Waals surface area contributed by atoms with Crippen LogP contribution in [0.15, 0.2) is 42.0 Å². The summed E-state index contributed by atoms with van der Waals surface area (Å²) < 4.78 is 10.6. The zero-order chi connectivity index (χ0) is 16.1. The van der Waals surface area contributed by atoms with E-state index in [-0.39, 0.29) is 5.91 Å². The van der Waals surface area contributed by atoms with Crippen LogP contribution in [0.1, 0.15) is 12.5 Å². The predicted octanol–water partition coefficient (Wildman–Crippen LogP) is 0.517. The van der Waals surface area contributed by atoms with Gasteiger partial charge in [0, 0.05) is 13.0 Å². The second-order valence-corrected chi connectivity index (χ2v) is 5.13. The van der Waals surface area contributed by atoms with Crippen molar-refractivity contribution in [3.05, 3.63) is 47.5 Å². The molecule has 6 heteroatoms. The number of hydrogen-bond donors (Lipinski definition) is 2. The standard InChI is InChI=1S/C16H20N2O4/c1-10(19)18-14-13(17)8-12(16(20)21-2)15(14)22-9-11-6-4-3-5-7-11/h3-8,13-15H,9,17H2,1-2H3,(H,18,19)/t13-,14+,15+/m0/s1. The molecule has 0 saturated heterocycles. The average Bonchev–Trinajstić information content (AvgIpc) is 2.81. The zero-order valence-electron chi connectivity index (χ0n) is 12.6.